The molecule has 0 aromatic heterocycles. The Bertz CT molecular complexity index is 118. The highest BCUT2D eigenvalue weighted by molar-refractivity contribution is 5.87. The second-order valence-electron chi connectivity index (χ2n) is 1.10. The molecular weight excluding hydrogens is 104 g/mol. The highest BCUT2D eigenvalue weighted by atomic mass is 16.2. The molecule has 0 aromatic carbocycles. The summed E-state index contributed by atoms with van der Waals surface area (Å²) in [5.41, 5.74) is 1.93. The third-order valence-corrected chi connectivity index (χ3v) is 0.526. The lowest BCUT2D eigenvalue weighted by molar-refractivity contribution is -0.116. The minimum atomic E-state index is -0.329. The first-order chi connectivity index (χ1) is 3.81. The van der Waals surface area contributed by atoms with Gasteiger partial charge in [0.15, 0.2) is 0 Å². The molecule has 0 bridgehead atoms. The SMILES string of the molecule is C=CC=CC(=O)NN. The van der Waals surface area contributed by atoms with Crippen LogP contribution in [-0.2, 0) is 4.79 Å². The van der Waals surface area contributed by atoms with Crippen molar-refractivity contribution in [2.24, 2.45) is 5.84 Å². The van der Waals surface area contributed by atoms with Gasteiger partial charge in [0.05, 0.1) is 0 Å². The van der Waals surface area contributed by atoms with Gasteiger partial charge >= 0.3 is 0 Å². The summed E-state index contributed by atoms with van der Waals surface area (Å²) in [4.78, 5) is 10.2. The van der Waals surface area contributed by atoms with Crippen LogP contribution in [0.25, 0.3) is 0 Å². The summed E-state index contributed by atoms with van der Waals surface area (Å²) >= 11 is 0. The number of nitrogens with one attached hydrogen (secondary N) is 1. The Morgan fingerprint density at radius 2 is 2.38 bits per heavy atom. The minimum Gasteiger partial charge on any atom is -0.291 e. The lowest BCUT2D eigenvalue weighted by Gasteiger charge is -1.85. The fourth-order valence-electron chi connectivity index (χ4n) is 0.204. The van der Waals surface area contributed by atoms with Gasteiger partial charge in [0, 0.05) is 6.08 Å². The molecule has 0 saturated heterocycles. The Hall–Kier alpha value is -1.09. The molecule has 0 saturated carbocycles. The van der Waals surface area contributed by atoms with Gasteiger partial charge in [-0.3, -0.25) is 10.2 Å². The molecule has 0 aliphatic rings. The van der Waals surface area contributed by atoms with E-state index in [1.165, 1.54) is 18.2 Å². The summed E-state index contributed by atoms with van der Waals surface area (Å²) in [6.45, 7) is 3.36. The molecule has 0 unspecified atom stereocenters. The van der Waals surface area contributed by atoms with Crippen LogP contribution in [0.5, 0.6) is 0 Å². The van der Waals surface area contributed by atoms with Gasteiger partial charge in [0.1, 0.15) is 0 Å². The van der Waals surface area contributed by atoms with Crippen molar-refractivity contribution in [3.05, 3.63) is 24.8 Å². The van der Waals surface area contributed by atoms with Gasteiger partial charge in [-0.2, -0.15) is 0 Å². The van der Waals surface area contributed by atoms with E-state index in [1.54, 1.807) is 0 Å². The molecule has 0 atom stereocenters. The van der Waals surface area contributed by atoms with Crippen molar-refractivity contribution >= 4 is 5.91 Å². The number of carbonyl (C=O) groups excluding carboxylic acids is 1. The van der Waals surface area contributed by atoms with E-state index < -0.39 is 0 Å². The van der Waals surface area contributed by atoms with Crippen LogP contribution in [0.15, 0.2) is 24.8 Å². The van der Waals surface area contributed by atoms with Gasteiger partial charge in [0.2, 0.25) is 0 Å². The van der Waals surface area contributed by atoms with Crippen molar-refractivity contribution in [3.63, 3.8) is 0 Å². The van der Waals surface area contributed by atoms with Crippen LogP contribution in [0.3, 0.4) is 0 Å². The number of nitrogens with two attached hydrogens (primary N) is 1. The largest absolute Gasteiger partial charge is 0.291 e. The van der Waals surface area contributed by atoms with Gasteiger partial charge in [-0.05, 0) is 0 Å². The summed E-state index contributed by atoms with van der Waals surface area (Å²) in [6.07, 6.45) is 4.28. The van der Waals surface area contributed by atoms with Crippen molar-refractivity contribution in [1.82, 2.24) is 5.43 Å². The lowest BCUT2D eigenvalue weighted by Crippen LogP contribution is -2.27. The molecule has 0 radical (unpaired) electrons. The Morgan fingerprint density at radius 3 is 2.75 bits per heavy atom. The van der Waals surface area contributed by atoms with Crippen LogP contribution in [0.4, 0.5) is 0 Å². The van der Waals surface area contributed by atoms with Crippen molar-refractivity contribution in [2.45, 2.75) is 0 Å². The van der Waals surface area contributed by atoms with Gasteiger partial charge in [-0.15, -0.1) is 0 Å². The molecule has 8 heavy (non-hydrogen) atoms. The maximum Gasteiger partial charge on any atom is 0.257 e. The summed E-state index contributed by atoms with van der Waals surface area (Å²) in [5.74, 6) is 4.40. The van der Waals surface area contributed by atoms with Crippen LogP contribution < -0.4 is 11.3 Å². The van der Waals surface area contributed by atoms with Gasteiger partial charge in [-0.1, -0.05) is 18.7 Å². The van der Waals surface area contributed by atoms with Crippen LogP contribution >= 0.6 is 0 Å². The molecule has 0 spiro atoms. The first-order valence-electron chi connectivity index (χ1n) is 2.11. The molecule has 0 heterocycles. The molecular formula is C5H8N2O. The third kappa shape index (κ3) is 3.11. The van der Waals surface area contributed by atoms with Crippen molar-refractivity contribution in [1.29, 1.82) is 0 Å². The molecule has 3 nitrogen and oxygen atoms in total. The monoisotopic (exact) mass is 112 g/mol. The van der Waals surface area contributed by atoms with E-state index in [1.807, 2.05) is 5.43 Å². The topological polar surface area (TPSA) is 55.1 Å². The maximum atomic E-state index is 10.2. The van der Waals surface area contributed by atoms with Gasteiger partial charge in [-0.25, -0.2) is 5.84 Å². The molecule has 0 rings (SSSR count). The van der Waals surface area contributed by atoms with E-state index in [0.717, 1.165) is 0 Å². The second kappa shape index (κ2) is 4.08. The summed E-state index contributed by atoms with van der Waals surface area (Å²) < 4.78 is 0. The molecule has 3 heteroatoms. The van der Waals surface area contributed by atoms with E-state index >= 15 is 0 Å². The number of carbonyl (C=O) groups is 1. The third-order valence-electron chi connectivity index (χ3n) is 0.526. The minimum absolute atomic E-state index is 0.329. The summed E-state index contributed by atoms with van der Waals surface area (Å²) in [6, 6.07) is 0. The van der Waals surface area contributed by atoms with E-state index in [0.29, 0.717) is 0 Å². The zero-order valence-electron chi connectivity index (χ0n) is 4.42. The van der Waals surface area contributed by atoms with E-state index in [2.05, 4.69) is 6.58 Å². The van der Waals surface area contributed by atoms with E-state index in [9.17, 15) is 4.79 Å². The number of allylic oxidation sites excluding steroid dienone is 2. The Kier molecular flexibility index (Phi) is 3.52. The molecule has 3 N–H and O–H groups in total. The second-order valence-corrected chi connectivity index (χ2v) is 1.10. The Morgan fingerprint density at radius 1 is 1.75 bits per heavy atom. The fraction of sp³-hybridized carbons (Fsp3) is 0. The quantitative estimate of drug-likeness (QED) is 0.170. The normalized spacial score (nSPS) is 9.12. The van der Waals surface area contributed by atoms with Crippen molar-refractivity contribution < 1.29 is 4.79 Å². The van der Waals surface area contributed by atoms with E-state index in [4.69, 9.17) is 5.84 Å². The molecule has 44 valence electrons. The van der Waals surface area contributed by atoms with Crippen LogP contribution in [0.1, 0.15) is 0 Å². The smallest absolute Gasteiger partial charge is 0.257 e. The average molecular weight is 112 g/mol. The number of hydrogen-bond acceptors (Lipinski definition) is 2. The zero-order valence-corrected chi connectivity index (χ0v) is 4.42. The van der Waals surface area contributed by atoms with Crippen LogP contribution in [0, 0.1) is 0 Å². The summed E-state index contributed by atoms with van der Waals surface area (Å²) in [5, 5.41) is 0. The molecule has 0 aliphatic heterocycles. The first kappa shape index (κ1) is 6.91. The number of amides is 1. The number of hydrogen-bond donors (Lipinski definition) is 2. The van der Waals surface area contributed by atoms with E-state index in [-0.39, 0.29) is 5.91 Å². The highest BCUT2D eigenvalue weighted by Gasteiger charge is 1.82. The summed E-state index contributed by atoms with van der Waals surface area (Å²) in [7, 11) is 0. The fourth-order valence-corrected chi connectivity index (χ4v) is 0.204. The Balaban J connectivity index is 3.52. The molecule has 0 fully saturated rings. The van der Waals surface area contributed by atoms with Crippen molar-refractivity contribution in [3.8, 4) is 0 Å². The maximum absolute atomic E-state index is 10.2. The molecule has 1 amide bonds. The van der Waals surface area contributed by atoms with Gasteiger partial charge in [0.25, 0.3) is 5.91 Å². The predicted octanol–water partition coefficient (Wildman–Crippen LogP) is -0.281. The standard InChI is InChI=1S/C5H8N2O/c1-2-3-4-5(8)7-6/h2-4H,1,6H2,(H,7,8). The lowest BCUT2D eigenvalue weighted by atomic mass is 10.5. The van der Waals surface area contributed by atoms with Crippen molar-refractivity contribution in [2.75, 3.05) is 0 Å². The highest BCUT2D eigenvalue weighted by Crippen LogP contribution is 1.69. The predicted molar refractivity (Wildman–Crippen MR) is 31.7 cm³/mol. The first-order valence-corrected chi connectivity index (χ1v) is 2.11. The Labute approximate surface area is 47.8 Å². The molecule has 0 aromatic rings. The van der Waals surface area contributed by atoms with Gasteiger partial charge < -0.3 is 0 Å². The molecule has 0 aliphatic carbocycles. The zero-order chi connectivity index (χ0) is 6.41. The van der Waals surface area contributed by atoms with Crippen LogP contribution in [0.2, 0.25) is 0 Å². The van der Waals surface area contributed by atoms with Crippen LogP contribution in [-0.4, -0.2) is 5.91 Å². The number of hydrazine groups is 1. The average Bonchev–Trinajstić information content (AvgIpc) is 1.83. The number of rotatable bonds is 2.